The predicted molar refractivity (Wildman–Crippen MR) is 83.2 cm³/mol. The summed E-state index contributed by atoms with van der Waals surface area (Å²) in [5.41, 5.74) is 0.525. The highest BCUT2D eigenvalue weighted by molar-refractivity contribution is 5.94. The topological polar surface area (TPSA) is 58.6 Å². The average molecular weight is 289 g/mol. The highest BCUT2D eigenvalue weighted by atomic mass is 16.5. The third-order valence-electron chi connectivity index (χ3n) is 3.65. The van der Waals surface area contributed by atoms with Crippen molar-refractivity contribution in [2.45, 2.75) is 38.8 Å². The van der Waals surface area contributed by atoms with Crippen molar-refractivity contribution < 1.29 is 14.6 Å². The summed E-state index contributed by atoms with van der Waals surface area (Å²) in [6.45, 7) is 4.00. The van der Waals surface area contributed by atoms with Gasteiger partial charge in [-0.3, -0.25) is 4.79 Å². The molecule has 1 rings (SSSR count). The second-order valence-corrected chi connectivity index (χ2v) is 5.09. The minimum atomic E-state index is -0.743. The van der Waals surface area contributed by atoms with Crippen molar-refractivity contribution in [3.63, 3.8) is 0 Å². The lowest BCUT2D eigenvalue weighted by Crippen LogP contribution is -2.47. The molecule has 2 N–H and O–H groups in total. The first-order chi connectivity index (χ1) is 10.0. The highest BCUT2D eigenvalue weighted by Crippen LogP contribution is 2.16. The van der Waals surface area contributed by atoms with Crippen molar-refractivity contribution in [2.24, 2.45) is 5.92 Å². The number of rotatable bonds is 7. The van der Waals surface area contributed by atoms with Crippen molar-refractivity contribution in [1.29, 1.82) is 0 Å². The molecule has 0 aliphatic heterocycles. The van der Waals surface area contributed by atoms with E-state index in [1.54, 1.807) is 31.4 Å². The van der Waals surface area contributed by atoms with Gasteiger partial charge in [-0.2, -0.15) is 0 Å². The van der Waals surface area contributed by atoms with E-state index < -0.39 is 6.10 Å². The van der Waals surface area contributed by atoms with Crippen LogP contribution in [0.2, 0.25) is 0 Å². The molecule has 21 heavy (non-hydrogen) atoms. The van der Waals surface area contributed by atoms with Gasteiger partial charge in [0, 0.05) is 12.0 Å². The van der Waals surface area contributed by atoms with Crippen LogP contribution in [0.1, 0.15) is 37.0 Å². The van der Waals surface area contributed by atoms with Crippen LogP contribution in [0.25, 0.3) is 0 Å². The predicted octanol–water partition coefficient (Wildman–Crippen LogP) is 2.22. The van der Waals surface area contributed by atoms with Gasteiger partial charge in [-0.15, -0.1) is 12.3 Å². The van der Waals surface area contributed by atoms with Gasteiger partial charge < -0.3 is 15.2 Å². The molecule has 0 aliphatic rings. The fraction of sp³-hybridized carbons (Fsp3) is 0.471. The first-order valence-electron chi connectivity index (χ1n) is 7.09. The summed E-state index contributed by atoms with van der Waals surface area (Å²) in [6.07, 6.45) is 5.57. The molecule has 0 fully saturated rings. The van der Waals surface area contributed by atoms with E-state index in [9.17, 15) is 9.90 Å². The van der Waals surface area contributed by atoms with Gasteiger partial charge in [-0.05, 0) is 30.2 Å². The second-order valence-electron chi connectivity index (χ2n) is 5.09. The average Bonchev–Trinajstić information content (AvgIpc) is 2.51. The standard InChI is InChI=1S/C17H23NO3/c1-5-7-15(19)16(12(3)6-2)18-17(20)13-8-10-14(21-4)11-9-13/h1,8-12,15-16,19H,6-7H2,2-4H3,(H,18,20)/t12?,15-,16-/m0/s1. The fourth-order valence-corrected chi connectivity index (χ4v) is 2.10. The number of aliphatic hydroxyl groups excluding tert-OH is 1. The second kappa shape index (κ2) is 8.33. The van der Waals surface area contributed by atoms with Gasteiger partial charge in [0.15, 0.2) is 0 Å². The van der Waals surface area contributed by atoms with E-state index in [0.29, 0.717) is 11.3 Å². The quantitative estimate of drug-likeness (QED) is 0.757. The molecule has 0 saturated heterocycles. The number of nitrogens with one attached hydrogen (secondary N) is 1. The van der Waals surface area contributed by atoms with Crippen molar-refractivity contribution in [1.82, 2.24) is 5.32 Å². The van der Waals surface area contributed by atoms with E-state index in [2.05, 4.69) is 11.2 Å². The molecule has 0 aliphatic carbocycles. The van der Waals surface area contributed by atoms with E-state index in [-0.39, 0.29) is 24.3 Å². The minimum absolute atomic E-state index is 0.135. The fourth-order valence-electron chi connectivity index (χ4n) is 2.10. The first-order valence-corrected chi connectivity index (χ1v) is 7.09. The molecular weight excluding hydrogens is 266 g/mol. The number of hydrogen-bond donors (Lipinski definition) is 2. The van der Waals surface area contributed by atoms with Gasteiger partial charge in [0.05, 0.1) is 19.3 Å². The monoisotopic (exact) mass is 289 g/mol. The van der Waals surface area contributed by atoms with E-state index >= 15 is 0 Å². The number of benzene rings is 1. The molecule has 0 saturated carbocycles. The molecule has 114 valence electrons. The van der Waals surface area contributed by atoms with E-state index in [0.717, 1.165) is 6.42 Å². The molecule has 4 heteroatoms. The third kappa shape index (κ3) is 4.80. The molecule has 1 aromatic carbocycles. The van der Waals surface area contributed by atoms with Crippen LogP contribution in [0.5, 0.6) is 5.75 Å². The van der Waals surface area contributed by atoms with Crippen molar-refractivity contribution >= 4 is 5.91 Å². The first kappa shape index (κ1) is 17.1. The Labute approximate surface area is 126 Å². The van der Waals surface area contributed by atoms with Gasteiger partial charge in [0.1, 0.15) is 5.75 Å². The van der Waals surface area contributed by atoms with Gasteiger partial charge in [-0.1, -0.05) is 20.3 Å². The third-order valence-corrected chi connectivity index (χ3v) is 3.65. The summed E-state index contributed by atoms with van der Waals surface area (Å²) in [4.78, 5) is 12.3. The Bertz CT molecular complexity index is 490. The lowest BCUT2D eigenvalue weighted by molar-refractivity contribution is 0.0753. The van der Waals surface area contributed by atoms with Crippen LogP contribution >= 0.6 is 0 Å². The number of terminal acetylenes is 1. The number of carbonyl (C=O) groups is 1. The Morgan fingerprint density at radius 1 is 1.43 bits per heavy atom. The Balaban J connectivity index is 2.81. The van der Waals surface area contributed by atoms with E-state index in [4.69, 9.17) is 11.2 Å². The van der Waals surface area contributed by atoms with Gasteiger partial charge in [0.25, 0.3) is 5.91 Å². The number of ether oxygens (including phenoxy) is 1. The molecule has 3 atom stereocenters. The summed E-state index contributed by atoms with van der Waals surface area (Å²) in [5.74, 6) is 3.04. The maximum Gasteiger partial charge on any atom is 0.251 e. The molecule has 1 amide bonds. The number of hydrogen-bond acceptors (Lipinski definition) is 3. The Morgan fingerprint density at radius 3 is 2.52 bits per heavy atom. The smallest absolute Gasteiger partial charge is 0.251 e. The van der Waals surface area contributed by atoms with E-state index in [1.807, 2.05) is 13.8 Å². The van der Waals surface area contributed by atoms with Crippen LogP contribution in [0, 0.1) is 18.3 Å². The zero-order chi connectivity index (χ0) is 15.8. The highest BCUT2D eigenvalue weighted by Gasteiger charge is 2.25. The molecule has 1 aromatic rings. The van der Waals surface area contributed by atoms with Crippen molar-refractivity contribution in [3.8, 4) is 18.1 Å². The number of carbonyl (C=O) groups excluding carboxylic acids is 1. The summed E-state index contributed by atoms with van der Waals surface area (Å²) >= 11 is 0. The van der Waals surface area contributed by atoms with Crippen LogP contribution in [0.3, 0.4) is 0 Å². The molecule has 0 bridgehead atoms. The normalized spacial score (nSPS) is 14.6. The lowest BCUT2D eigenvalue weighted by atomic mass is 9.92. The largest absolute Gasteiger partial charge is 0.497 e. The molecule has 0 aromatic heterocycles. The Morgan fingerprint density at radius 2 is 2.05 bits per heavy atom. The molecule has 0 radical (unpaired) electrons. The van der Waals surface area contributed by atoms with Crippen molar-refractivity contribution in [3.05, 3.63) is 29.8 Å². The summed E-state index contributed by atoms with van der Waals surface area (Å²) in [5, 5.41) is 13.0. The van der Waals surface area contributed by atoms with E-state index in [1.165, 1.54) is 0 Å². The Hall–Kier alpha value is -1.99. The molecular formula is C17H23NO3. The summed E-state index contributed by atoms with van der Waals surface area (Å²) in [7, 11) is 1.57. The zero-order valence-corrected chi connectivity index (χ0v) is 12.8. The maximum atomic E-state index is 12.3. The molecule has 4 nitrogen and oxygen atoms in total. The van der Waals surface area contributed by atoms with Crippen molar-refractivity contribution in [2.75, 3.05) is 7.11 Å². The maximum absolute atomic E-state index is 12.3. The molecule has 0 heterocycles. The number of aliphatic hydroxyl groups is 1. The van der Waals surface area contributed by atoms with Crippen LogP contribution in [0.15, 0.2) is 24.3 Å². The van der Waals surface area contributed by atoms with Gasteiger partial charge >= 0.3 is 0 Å². The zero-order valence-electron chi connectivity index (χ0n) is 12.8. The minimum Gasteiger partial charge on any atom is -0.497 e. The van der Waals surface area contributed by atoms with Crippen LogP contribution in [-0.4, -0.2) is 30.3 Å². The summed E-state index contributed by atoms with van der Waals surface area (Å²) < 4.78 is 5.06. The number of amides is 1. The van der Waals surface area contributed by atoms with Crippen LogP contribution < -0.4 is 10.1 Å². The molecule has 1 unspecified atom stereocenters. The van der Waals surface area contributed by atoms with Gasteiger partial charge in [0.2, 0.25) is 0 Å². The lowest BCUT2D eigenvalue weighted by Gasteiger charge is -2.28. The SMILES string of the molecule is C#CC[C@H](O)[C@@H](NC(=O)c1ccc(OC)cc1)C(C)CC. The molecule has 0 spiro atoms. The number of methoxy groups -OCH3 is 1. The summed E-state index contributed by atoms with van der Waals surface area (Å²) in [6, 6.07) is 6.47. The Kier molecular flexibility index (Phi) is 6.77. The van der Waals surface area contributed by atoms with Crippen LogP contribution in [0.4, 0.5) is 0 Å². The van der Waals surface area contributed by atoms with Gasteiger partial charge in [-0.25, -0.2) is 0 Å². The van der Waals surface area contributed by atoms with Crippen LogP contribution in [-0.2, 0) is 0 Å².